The predicted molar refractivity (Wildman–Crippen MR) is 192 cm³/mol. The Balaban J connectivity index is 0.00000461. The molecule has 0 aliphatic carbocycles. The van der Waals surface area contributed by atoms with E-state index in [0.717, 1.165) is 39.5 Å². The lowest BCUT2D eigenvalue weighted by atomic mass is 10.1. The molecule has 6 nitrogen and oxygen atoms in total. The first kappa shape index (κ1) is 33.5. The molecule has 0 aliphatic rings. The van der Waals surface area contributed by atoms with Crippen LogP contribution in [-0.2, 0) is 18.8 Å². The molecule has 0 saturated carbocycles. The van der Waals surface area contributed by atoms with Gasteiger partial charge in [0.2, 0.25) is 0 Å². The second kappa shape index (κ2) is 17.2. The van der Waals surface area contributed by atoms with Crippen molar-refractivity contribution in [3.8, 4) is 11.5 Å². The number of ether oxygens (including phenoxy) is 2. The first-order chi connectivity index (χ1) is 21.6. The van der Waals surface area contributed by atoms with Crippen molar-refractivity contribution in [2.24, 2.45) is 15.2 Å². The van der Waals surface area contributed by atoms with Gasteiger partial charge in [0.15, 0.2) is 5.17 Å². The van der Waals surface area contributed by atoms with Crippen LogP contribution in [0, 0.1) is 6.92 Å². The SMILES string of the molecule is Br.COc1ccc(CN(Cc2ccc(OC)cc2)C(=Nc2ccc(N=Nc3ccc(C)cc3)cc2)SCc2ccccc2)cc1. The summed E-state index contributed by atoms with van der Waals surface area (Å²) in [5, 5.41) is 9.72. The summed E-state index contributed by atoms with van der Waals surface area (Å²) < 4.78 is 10.8. The van der Waals surface area contributed by atoms with Crippen molar-refractivity contribution < 1.29 is 9.47 Å². The molecule has 45 heavy (non-hydrogen) atoms. The number of nitrogens with zero attached hydrogens (tertiary/aromatic N) is 4. The largest absolute Gasteiger partial charge is 0.497 e. The molecule has 0 radical (unpaired) electrons. The molecule has 0 heterocycles. The highest BCUT2D eigenvalue weighted by Gasteiger charge is 2.15. The summed E-state index contributed by atoms with van der Waals surface area (Å²) in [5.74, 6) is 2.47. The molecule has 5 rings (SSSR count). The first-order valence-electron chi connectivity index (χ1n) is 14.4. The highest BCUT2D eigenvalue weighted by molar-refractivity contribution is 8.93. The Labute approximate surface area is 280 Å². The third-order valence-corrected chi connectivity index (χ3v) is 8.02. The molecule has 0 unspecified atom stereocenters. The molecule has 0 saturated heterocycles. The summed E-state index contributed by atoms with van der Waals surface area (Å²) in [4.78, 5) is 7.51. The Hall–Kier alpha value is -4.40. The van der Waals surface area contributed by atoms with Crippen molar-refractivity contribution in [1.82, 2.24) is 4.90 Å². The Morgan fingerprint density at radius 1 is 0.578 bits per heavy atom. The van der Waals surface area contributed by atoms with Crippen LogP contribution in [0.4, 0.5) is 17.1 Å². The van der Waals surface area contributed by atoms with Crippen molar-refractivity contribution in [3.05, 3.63) is 150 Å². The van der Waals surface area contributed by atoms with Crippen LogP contribution in [0.2, 0.25) is 0 Å². The summed E-state index contributed by atoms with van der Waals surface area (Å²) in [5.41, 5.74) is 7.22. The summed E-state index contributed by atoms with van der Waals surface area (Å²) >= 11 is 1.73. The molecule has 8 heteroatoms. The molecule has 0 N–H and O–H groups in total. The van der Waals surface area contributed by atoms with E-state index in [1.54, 1.807) is 26.0 Å². The van der Waals surface area contributed by atoms with E-state index < -0.39 is 0 Å². The maximum absolute atomic E-state index is 5.39. The van der Waals surface area contributed by atoms with Gasteiger partial charge < -0.3 is 14.4 Å². The average molecular weight is 682 g/mol. The number of rotatable bonds is 11. The minimum absolute atomic E-state index is 0. The number of thioether (sulfide) groups is 1. The van der Waals surface area contributed by atoms with Crippen molar-refractivity contribution in [2.75, 3.05) is 14.2 Å². The van der Waals surface area contributed by atoms with Gasteiger partial charge in [0.1, 0.15) is 11.5 Å². The van der Waals surface area contributed by atoms with Crippen molar-refractivity contribution in [2.45, 2.75) is 25.8 Å². The van der Waals surface area contributed by atoms with Crippen LogP contribution in [-0.4, -0.2) is 24.3 Å². The van der Waals surface area contributed by atoms with E-state index in [4.69, 9.17) is 14.5 Å². The third kappa shape index (κ3) is 10.3. The number of halogens is 1. The second-order valence-electron chi connectivity index (χ2n) is 10.3. The van der Waals surface area contributed by atoms with E-state index in [1.165, 1.54) is 22.3 Å². The number of hydrogen-bond donors (Lipinski definition) is 0. The van der Waals surface area contributed by atoms with Crippen LogP contribution >= 0.6 is 28.7 Å². The van der Waals surface area contributed by atoms with Gasteiger partial charge >= 0.3 is 0 Å². The molecule has 0 bridgehead atoms. The Kier molecular flexibility index (Phi) is 12.8. The fourth-order valence-electron chi connectivity index (χ4n) is 4.44. The van der Waals surface area contributed by atoms with Gasteiger partial charge in [-0.25, -0.2) is 4.99 Å². The zero-order valence-electron chi connectivity index (χ0n) is 25.7. The van der Waals surface area contributed by atoms with E-state index in [2.05, 4.69) is 70.6 Å². The number of aliphatic imine (C=N–C) groups is 1. The fraction of sp³-hybridized carbons (Fsp3) is 0.162. The number of benzene rings is 5. The van der Waals surface area contributed by atoms with Crippen molar-refractivity contribution >= 4 is 51.0 Å². The molecule has 0 fully saturated rings. The van der Waals surface area contributed by atoms with E-state index in [0.29, 0.717) is 13.1 Å². The maximum atomic E-state index is 5.39. The lowest BCUT2D eigenvalue weighted by molar-refractivity contribution is 0.405. The van der Waals surface area contributed by atoms with Gasteiger partial charge in [-0.3, -0.25) is 0 Å². The van der Waals surface area contributed by atoms with Gasteiger partial charge in [0.05, 0.1) is 31.3 Å². The maximum Gasteiger partial charge on any atom is 0.165 e. The number of amidine groups is 1. The minimum atomic E-state index is 0. The molecular weight excluding hydrogens is 644 g/mol. The first-order valence-corrected chi connectivity index (χ1v) is 15.4. The lowest BCUT2D eigenvalue weighted by Crippen LogP contribution is -2.28. The normalized spacial score (nSPS) is 11.2. The number of methoxy groups -OCH3 is 2. The quantitative estimate of drug-likeness (QED) is 0.0791. The molecule has 5 aromatic rings. The van der Waals surface area contributed by atoms with Crippen LogP contribution in [0.15, 0.2) is 143 Å². The minimum Gasteiger partial charge on any atom is -0.497 e. The second-order valence-corrected chi connectivity index (χ2v) is 11.2. The van der Waals surface area contributed by atoms with Crippen LogP contribution in [0.3, 0.4) is 0 Å². The van der Waals surface area contributed by atoms with Gasteiger partial charge in [-0.05, 0) is 84.3 Å². The molecule has 5 aromatic carbocycles. The summed E-state index contributed by atoms with van der Waals surface area (Å²) in [6.45, 7) is 3.42. The van der Waals surface area contributed by atoms with Gasteiger partial charge in [-0.1, -0.05) is 84.1 Å². The Bertz CT molecular complexity index is 1610. The zero-order chi connectivity index (χ0) is 30.6. The monoisotopic (exact) mass is 680 g/mol. The van der Waals surface area contributed by atoms with Crippen LogP contribution in [0.1, 0.15) is 22.3 Å². The van der Waals surface area contributed by atoms with Crippen LogP contribution < -0.4 is 9.47 Å². The fourth-order valence-corrected chi connectivity index (χ4v) is 5.41. The van der Waals surface area contributed by atoms with Gasteiger partial charge in [-0.15, -0.1) is 17.0 Å². The molecule has 230 valence electrons. The Morgan fingerprint density at radius 3 is 1.53 bits per heavy atom. The van der Waals surface area contributed by atoms with Crippen LogP contribution in [0.25, 0.3) is 0 Å². The number of aryl methyl sites for hydroxylation is 1. The molecular formula is C37H37BrN4O2S. The number of hydrogen-bond acceptors (Lipinski definition) is 6. The summed E-state index contributed by atoms with van der Waals surface area (Å²) in [6.07, 6.45) is 0. The van der Waals surface area contributed by atoms with Gasteiger partial charge in [-0.2, -0.15) is 10.2 Å². The van der Waals surface area contributed by atoms with E-state index in [-0.39, 0.29) is 17.0 Å². The highest BCUT2D eigenvalue weighted by Crippen LogP contribution is 2.27. The molecule has 0 atom stereocenters. The predicted octanol–water partition coefficient (Wildman–Crippen LogP) is 10.6. The zero-order valence-corrected chi connectivity index (χ0v) is 28.2. The summed E-state index contributed by atoms with van der Waals surface area (Å²) in [7, 11) is 3.37. The smallest absolute Gasteiger partial charge is 0.165 e. The van der Waals surface area contributed by atoms with Gasteiger partial charge in [0, 0.05) is 18.8 Å². The third-order valence-electron chi connectivity index (χ3n) is 6.94. The van der Waals surface area contributed by atoms with Crippen molar-refractivity contribution in [1.29, 1.82) is 0 Å². The highest BCUT2D eigenvalue weighted by atomic mass is 79.9. The van der Waals surface area contributed by atoms with Crippen molar-refractivity contribution in [3.63, 3.8) is 0 Å². The molecule has 0 spiro atoms. The van der Waals surface area contributed by atoms with E-state index >= 15 is 0 Å². The molecule has 0 aromatic heterocycles. The Morgan fingerprint density at radius 2 is 1.04 bits per heavy atom. The van der Waals surface area contributed by atoms with E-state index in [9.17, 15) is 0 Å². The van der Waals surface area contributed by atoms with E-state index in [1.807, 2.05) is 78.9 Å². The van der Waals surface area contributed by atoms with Gasteiger partial charge in [0.25, 0.3) is 0 Å². The molecule has 0 aliphatic heterocycles. The summed E-state index contributed by atoms with van der Waals surface area (Å²) in [6, 6.07) is 42.8. The lowest BCUT2D eigenvalue weighted by Gasteiger charge is -2.26. The standard InChI is InChI=1S/C37H36N4O2S.BrH/c1-28-9-15-33(16-10-28)39-40-34-19-17-32(18-20-34)38-37(44-27-31-7-5-4-6-8-31)41(25-29-11-21-35(42-2)22-12-29)26-30-13-23-36(43-3)24-14-30;/h4-24H,25-27H2,1-3H3;1H. The number of azo groups is 1. The van der Waals surface area contributed by atoms with Crippen LogP contribution in [0.5, 0.6) is 11.5 Å². The topological polar surface area (TPSA) is 58.8 Å². The molecule has 0 amide bonds. The average Bonchev–Trinajstić information content (AvgIpc) is 3.08.